The minimum atomic E-state index is -1.49. The van der Waals surface area contributed by atoms with Gasteiger partial charge in [-0.1, -0.05) is 18.8 Å². The Hall–Kier alpha value is -1.98. The average Bonchev–Trinajstić information content (AvgIpc) is 2.48. The number of carbonyl (C=O) groups is 2. The van der Waals surface area contributed by atoms with E-state index < -0.39 is 17.4 Å². The van der Waals surface area contributed by atoms with Gasteiger partial charge in [-0.2, -0.15) is 0 Å². The lowest BCUT2D eigenvalue weighted by atomic mass is 9.80. The molecule has 0 saturated carbocycles. The number of ether oxygens (including phenoxy) is 2. The number of methoxy groups -OCH3 is 2. The van der Waals surface area contributed by atoms with Crippen LogP contribution in [-0.4, -0.2) is 37.9 Å². The molecular formula is C15H20O5. The second-order valence-corrected chi connectivity index (χ2v) is 3.96. The van der Waals surface area contributed by atoms with E-state index in [0.29, 0.717) is 12.8 Å². The van der Waals surface area contributed by atoms with Gasteiger partial charge in [0.25, 0.3) is 0 Å². The van der Waals surface area contributed by atoms with E-state index in [4.69, 9.17) is 14.6 Å². The molecule has 1 N–H and O–H groups in total. The minimum Gasteiger partial charge on any atom is -0.468 e. The molecule has 0 amide bonds. The maximum atomic E-state index is 12.0. The summed E-state index contributed by atoms with van der Waals surface area (Å²) in [5, 5.41) is 8.67. The second kappa shape index (κ2) is 9.89. The molecule has 5 nitrogen and oxygen atoms in total. The molecule has 0 spiro atoms. The zero-order valence-electron chi connectivity index (χ0n) is 12.1. The fourth-order valence-electron chi connectivity index (χ4n) is 1.67. The highest BCUT2D eigenvalue weighted by Gasteiger charge is 2.47. The highest BCUT2D eigenvalue weighted by molar-refractivity contribution is 6.00. The molecule has 0 aliphatic heterocycles. The first-order chi connectivity index (χ1) is 9.58. The van der Waals surface area contributed by atoms with Crippen LogP contribution in [0.2, 0.25) is 0 Å². The number of aliphatic hydroxyl groups is 1. The van der Waals surface area contributed by atoms with E-state index in [1.807, 2.05) is 6.92 Å². The molecule has 0 aliphatic carbocycles. The van der Waals surface area contributed by atoms with Crippen molar-refractivity contribution in [3.05, 3.63) is 0 Å². The fourth-order valence-corrected chi connectivity index (χ4v) is 1.67. The van der Waals surface area contributed by atoms with Gasteiger partial charge in [0.05, 0.1) is 14.2 Å². The van der Waals surface area contributed by atoms with Crippen molar-refractivity contribution in [3.63, 3.8) is 0 Å². The number of rotatable bonds is 5. The lowest BCUT2D eigenvalue weighted by molar-refractivity contribution is -0.169. The van der Waals surface area contributed by atoms with Crippen LogP contribution in [0.25, 0.3) is 0 Å². The third-order valence-corrected chi connectivity index (χ3v) is 2.73. The second-order valence-electron chi connectivity index (χ2n) is 3.96. The van der Waals surface area contributed by atoms with Crippen molar-refractivity contribution in [2.75, 3.05) is 20.8 Å². The molecule has 0 rings (SSSR count). The first kappa shape index (κ1) is 18.0. The molecule has 5 heteroatoms. The summed E-state index contributed by atoms with van der Waals surface area (Å²) in [6.45, 7) is 1.57. The summed E-state index contributed by atoms with van der Waals surface area (Å²) in [6, 6.07) is 0. The van der Waals surface area contributed by atoms with Crippen molar-refractivity contribution < 1.29 is 24.2 Å². The summed E-state index contributed by atoms with van der Waals surface area (Å²) in [6.07, 6.45) is 1.16. The third-order valence-electron chi connectivity index (χ3n) is 2.73. The van der Waals surface area contributed by atoms with Crippen LogP contribution in [0, 0.1) is 29.1 Å². The Morgan fingerprint density at radius 1 is 1.05 bits per heavy atom. The summed E-state index contributed by atoms with van der Waals surface area (Å²) in [4.78, 5) is 24.0. The normalized spacial score (nSPS) is 9.60. The lowest BCUT2D eigenvalue weighted by Gasteiger charge is -2.25. The zero-order valence-corrected chi connectivity index (χ0v) is 12.1. The van der Waals surface area contributed by atoms with Crippen LogP contribution in [0.1, 0.15) is 32.6 Å². The van der Waals surface area contributed by atoms with E-state index in [1.54, 1.807) is 0 Å². The van der Waals surface area contributed by atoms with Crippen molar-refractivity contribution in [1.82, 2.24) is 0 Å². The van der Waals surface area contributed by atoms with Gasteiger partial charge in [0.1, 0.15) is 6.61 Å². The van der Waals surface area contributed by atoms with Gasteiger partial charge in [0.2, 0.25) is 0 Å². The molecule has 0 saturated heterocycles. The average molecular weight is 280 g/mol. The van der Waals surface area contributed by atoms with Gasteiger partial charge in [-0.05, 0) is 6.42 Å². The summed E-state index contributed by atoms with van der Waals surface area (Å²) in [7, 11) is 2.41. The fraction of sp³-hybridized carbons (Fsp3) is 0.600. The summed E-state index contributed by atoms with van der Waals surface area (Å²) in [5.74, 6) is 9.36. The first-order valence-electron chi connectivity index (χ1n) is 6.28. The highest BCUT2D eigenvalue weighted by Crippen LogP contribution is 2.31. The predicted octanol–water partition coefficient (Wildman–Crippen LogP) is 0.898. The summed E-state index contributed by atoms with van der Waals surface area (Å²) >= 11 is 0. The van der Waals surface area contributed by atoms with Crippen molar-refractivity contribution in [2.45, 2.75) is 32.6 Å². The van der Waals surface area contributed by atoms with Gasteiger partial charge in [-0.3, -0.25) is 9.59 Å². The summed E-state index contributed by atoms with van der Waals surface area (Å²) in [5.41, 5.74) is -1.49. The lowest BCUT2D eigenvalue weighted by Crippen LogP contribution is -2.41. The van der Waals surface area contributed by atoms with Crippen LogP contribution in [0.3, 0.4) is 0 Å². The standard InChI is InChI=1S/C15H20O5/c1-4-5-6-7-10-15(13(17)19-2,14(18)20-3)11-8-9-12-16/h16H,4,7,10-12H2,1-3H3. The molecule has 0 radical (unpaired) electrons. The van der Waals surface area contributed by atoms with E-state index in [1.165, 1.54) is 14.2 Å². The third kappa shape index (κ3) is 4.95. The first-order valence-corrected chi connectivity index (χ1v) is 6.28. The van der Waals surface area contributed by atoms with Crippen LogP contribution in [0.15, 0.2) is 0 Å². The number of hydrogen-bond donors (Lipinski definition) is 1. The molecule has 0 unspecified atom stereocenters. The Morgan fingerprint density at radius 3 is 2.10 bits per heavy atom. The Kier molecular flexibility index (Phi) is 8.91. The minimum absolute atomic E-state index is 0.0687. The molecule has 0 aromatic carbocycles. The van der Waals surface area contributed by atoms with Gasteiger partial charge in [0, 0.05) is 19.3 Å². The van der Waals surface area contributed by atoms with E-state index in [-0.39, 0.29) is 19.4 Å². The smallest absolute Gasteiger partial charge is 0.324 e. The number of hydrogen-bond acceptors (Lipinski definition) is 5. The highest BCUT2D eigenvalue weighted by atomic mass is 16.5. The van der Waals surface area contributed by atoms with Crippen molar-refractivity contribution in [3.8, 4) is 23.7 Å². The molecule has 0 aromatic heterocycles. The van der Waals surface area contributed by atoms with E-state index >= 15 is 0 Å². The molecule has 0 aromatic rings. The van der Waals surface area contributed by atoms with Crippen molar-refractivity contribution >= 4 is 11.9 Å². The van der Waals surface area contributed by atoms with Crippen molar-refractivity contribution in [2.24, 2.45) is 5.41 Å². The zero-order chi connectivity index (χ0) is 15.4. The molecule has 0 fully saturated rings. The quantitative estimate of drug-likeness (QED) is 0.460. The maximum absolute atomic E-state index is 12.0. The Morgan fingerprint density at radius 2 is 1.65 bits per heavy atom. The monoisotopic (exact) mass is 280 g/mol. The molecule has 0 atom stereocenters. The van der Waals surface area contributed by atoms with Gasteiger partial charge < -0.3 is 14.6 Å². The van der Waals surface area contributed by atoms with Crippen LogP contribution in [0.4, 0.5) is 0 Å². The predicted molar refractivity (Wildman–Crippen MR) is 73.2 cm³/mol. The Balaban J connectivity index is 5.30. The maximum Gasteiger partial charge on any atom is 0.324 e. The van der Waals surface area contributed by atoms with E-state index in [2.05, 4.69) is 23.7 Å². The van der Waals surface area contributed by atoms with E-state index in [9.17, 15) is 9.59 Å². The van der Waals surface area contributed by atoms with Gasteiger partial charge in [-0.25, -0.2) is 0 Å². The molecule has 0 bridgehead atoms. The number of carbonyl (C=O) groups excluding carboxylic acids is 2. The van der Waals surface area contributed by atoms with Gasteiger partial charge >= 0.3 is 11.9 Å². The Labute approximate surface area is 119 Å². The van der Waals surface area contributed by atoms with Crippen LogP contribution in [0.5, 0.6) is 0 Å². The SMILES string of the molecule is CCC#CCCC(CC#CCO)(C(=O)OC)C(=O)OC. The van der Waals surface area contributed by atoms with Gasteiger partial charge in [0.15, 0.2) is 5.41 Å². The molecule has 0 aliphatic rings. The molecule has 110 valence electrons. The van der Waals surface area contributed by atoms with E-state index in [0.717, 1.165) is 0 Å². The topological polar surface area (TPSA) is 72.8 Å². The van der Waals surface area contributed by atoms with Gasteiger partial charge in [-0.15, -0.1) is 11.8 Å². The van der Waals surface area contributed by atoms with Crippen LogP contribution in [-0.2, 0) is 19.1 Å². The largest absolute Gasteiger partial charge is 0.468 e. The van der Waals surface area contributed by atoms with Crippen LogP contribution >= 0.6 is 0 Å². The van der Waals surface area contributed by atoms with Crippen LogP contribution < -0.4 is 0 Å². The van der Waals surface area contributed by atoms with Crippen molar-refractivity contribution in [1.29, 1.82) is 0 Å². The molecule has 0 heterocycles. The number of esters is 2. The molecular weight excluding hydrogens is 260 g/mol. The number of aliphatic hydroxyl groups excluding tert-OH is 1. The summed E-state index contributed by atoms with van der Waals surface area (Å²) < 4.78 is 9.42. The Bertz CT molecular complexity index is 428. The molecule has 20 heavy (non-hydrogen) atoms.